The van der Waals surface area contributed by atoms with Crippen molar-refractivity contribution < 1.29 is 9.32 Å². The fourth-order valence-corrected chi connectivity index (χ4v) is 1.89. The van der Waals surface area contributed by atoms with Gasteiger partial charge in [-0.05, 0) is 31.5 Å². The number of aryl methyl sites for hydroxylation is 2. The van der Waals surface area contributed by atoms with Crippen LogP contribution in [0, 0.1) is 13.8 Å². The van der Waals surface area contributed by atoms with Gasteiger partial charge in [0.1, 0.15) is 5.76 Å². The van der Waals surface area contributed by atoms with E-state index in [0.717, 1.165) is 28.3 Å². The molecule has 0 spiro atoms. The molecule has 0 aliphatic rings. The molecule has 0 saturated carbocycles. The first-order chi connectivity index (χ1) is 9.06. The Morgan fingerprint density at radius 3 is 2.53 bits per heavy atom. The first kappa shape index (κ1) is 13.1. The van der Waals surface area contributed by atoms with Gasteiger partial charge in [0.15, 0.2) is 0 Å². The van der Waals surface area contributed by atoms with Crippen molar-refractivity contribution >= 4 is 11.6 Å². The van der Waals surface area contributed by atoms with Gasteiger partial charge in [-0.15, -0.1) is 0 Å². The zero-order valence-electron chi connectivity index (χ0n) is 11.1. The lowest BCUT2D eigenvalue weighted by atomic mass is 10.1. The highest BCUT2D eigenvalue weighted by atomic mass is 16.5. The van der Waals surface area contributed by atoms with Gasteiger partial charge in [-0.1, -0.05) is 17.3 Å². The molecule has 1 amide bonds. The number of carbonyl (C=O) groups excluding carboxylic acids is 1. The predicted octanol–water partition coefficient (Wildman–Crippen LogP) is 1.93. The van der Waals surface area contributed by atoms with Crippen molar-refractivity contribution in [1.82, 2.24) is 5.16 Å². The van der Waals surface area contributed by atoms with Crippen molar-refractivity contribution in [3.63, 3.8) is 0 Å². The standard InChI is InChI=1S/C14H17N3O2/c1-9-13(10(2)19-17-9)8-16-12-5-3-11(4-6-12)7-14(15)18/h3-6,16H,7-8H2,1-2H3,(H2,15,18). The van der Waals surface area contributed by atoms with E-state index >= 15 is 0 Å². The molecule has 1 heterocycles. The second-order valence-corrected chi connectivity index (χ2v) is 4.50. The van der Waals surface area contributed by atoms with E-state index in [2.05, 4.69) is 10.5 Å². The summed E-state index contributed by atoms with van der Waals surface area (Å²) < 4.78 is 5.11. The maximum absolute atomic E-state index is 10.8. The van der Waals surface area contributed by atoms with Crippen molar-refractivity contribution in [3.8, 4) is 0 Å². The van der Waals surface area contributed by atoms with Gasteiger partial charge in [0.2, 0.25) is 5.91 Å². The number of primary amides is 1. The van der Waals surface area contributed by atoms with Crippen LogP contribution in [0.15, 0.2) is 28.8 Å². The van der Waals surface area contributed by atoms with Crippen molar-refractivity contribution in [3.05, 3.63) is 46.8 Å². The first-order valence-corrected chi connectivity index (χ1v) is 6.09. The smallest absolute Gasteiger partial charge is 0.221 e. The highest BCUT2D eigenvalue weighted by molar-refractivity contribution is 5.76. The Labute approximate surface area is 111 Å². The SMILES string of the molecule is Cc1noc(C)c1CNc1ccc(CC(N)=O)cc1. The number of nitrogens with zero attached hydrogens (tertiary/aromatic N) is 1. The average Bonchev–Trinajstić information content (AvgIpc) is 2.68. The fraction of sp³-hybridized carbons (Fsp3) is 0.286. The second-order valence-electron chi connectivity index (χ2n) is 4.50. The van der Waals surface area contributed by atoms with Crippen LogP contribution in [0.25, 0.3) is 0 Å². The van der Waals surface area contributed by atoms with Crippen molar-refractivity contribution in [2.24, 2.45) is 5.73 Å². The van der Waals surface area contributed by atoms with Gasteiger partial charge in [-0.25, -0.2) is 0 Å². The number of hydrogen-bond donors (Lipinski definition) is 2. The van der Waals surface area contributed by atoms with E-state index in [1.165, 1.54) is 0 Å². The van der Waals surface area contributed by atoms with Crippen LogP contribution in [0.2, 0.25) is 0 Å². The molecule has 0 bridgehead atoms. The zero-order valence-corrected chi connectivity index (χ0v) is 11.1. The Morgan fingerprint density at radius 2 is 2.00 bits per heavy atom. The summed E-state index contributed by atoms with van der Waals surface area (Å²) in [6.45, 7) is 4.48. The summed E-state index contributed by atoms with van der Waals surface area (Å²) in [5.41, 5.74) is 9.01. The van der Waals surface area contributed by atoms with E-state index in [-0.39, 0.29) is 12.3 Å². The van der Waals surface area contributed by atoms with E-state index < -0.39 is 0 Å². The molecule has 0 radical (unpaired) electrons. The molecule has 0 unspecified atom stereocenters. The number of amides is 1. The zero-order chi connectivity index (χ0) is 13.8. The Balaban J connectivity index is 1.98. The molecular formula is C14H17N3O2. The van der Waals surface area contributed by atoms with Crippen molar-refractivity contribution in [2.75, 3.05) is 5.32 Å². The number of carbonyl (C=O) groups is 1. The summed E-state index contributed by atoms with van der Waals surface area (Å²) in [4.78, 5) is 10.8. The Bertz CT molecular complexity index is 553. The van der Waals surface area contributed by atoms with Crippen LogP contribution in [-0.4, -0.2) is 11.1 Å². The number of aromatic nitrogens is 1. The maximum atomic E-state index is 10.8. The first-order valence-electron chi connectivity index (χ1n) is 6.09. The minimum atomic E-state index is -0.323. The number of anilines is 1. The molecule has 0 aliphatic heterocycles. The molecule has 5 nitrogen and oxygen atoms in total. The van der Waals surface area contributed by atoms with Gasteiger partial charge < -0.3 is 15.6 Å². The Kier molecular flexibility index (Phi) is 3.85. The Morgan fingerprint density at radius 1 is 1.32 bits per heavy atom. The lowest BCUT2D eigenvalue weighted by Crippen LogP contribution is -2.13. The molecule has 0 aliphatic carbocycles. The third-order valence-electron chi connectivity index (χ3n) is 2.98. The summed E-state index contributed by atoms with van der Waals surface area (Å²) >= 11 is 0. The minimum Gasteiger partial charge on any atom is -0.381 e. The van der Waals surface area contributed by atoms with Gasteiger partial charge in [-0.2, -0.15) is 0 Å². The van der Waals surface area contributed by atoms with Crippen molar-refractivity contribution in [1.29, 1.82) is 0 Å². The maximum Gasteiger partial charge on any atom is 0.221 e. The highest BCUT2D eigenvalue weighted by Crippen LogP contribution is 2.16. The molecule has 2 rings (SSSR count). The van der Waals surface area contributed by atoms with E-state index in [4.69, 9.17) is 10.3 Å². The summed E-state index contributed by atoms with van der Waals surface area (Å²) in [5.74, 6) is 0.506. The van der Waals surface area contributed by atoms with Gasteiger partial charge in [0, 0.05) is 17.8 Å². The summed E-state index contributed by atoms with van der Waals surface area (Å²) in [6, 6.07) is 7.63. The van der Waals surface area contributed by atoms with Crippen LogP contribution in [0.1, 0.15) is 22.6 Å². The Hall–Kier alpha value is -2.30. The molecule has 1 aromatic carbocycles. The monoisotopic (exact) mass is 259 g/mol. The van der Waals surface area contributed by atoms with E-state index in [9.17, 15) is 4.79 Å². The number of nitrogens with two attached hydrogens (primary N) is 1. The summed E-state index contributed by atoms with van der Waals surface area (Å²) in [5, 5.41) is 7.20. The number of nitrogens with one attached hydrogen (secondary N) is 1. The normalized spacial score (nSPS) is 10.4. The predicted molar refractivity (Wildman–Crippen MR) is 72.6 cm³/mol. The largest absolute Gasteiger partial charge is 0.381 e. The average molecular weight is 259 g/mol. The van der Waals surface area contributed by atoms with Crippen LogP contribution in [0.5, 0.6) is 0 Å². The van der Waals surface area contributed by atoms with Gasteiger partial charge >= 0.3 is 0 Å². The number of rotatable bonds is 5. The third kappa shape index (κ3) is 3.34. The van der Waals surface area contributed by atoms with Gasteiger partial charge in [0.25, 0.3) is 0 Å². The summed E-state index contributed by atoms with van der Waals surface area (Å²) in [7, 11) is 0. The van der Waals surface area contributed by atoms with Crippen LogP contribution < -0.4 is 11.1 Å². The van der Waals surface area contributed by atoms with Gasteiger partial charge in [0.05, 0.1) is 12.1 Å². The third-order valence-corrected chi connectivity index (χ3v) is 2.98. The molecule has 1 aromatic heterocycles. The van der Waals surface area contributed by atoms with E-state index in [1.807, 2.05) is 38.1 Å². The van der Waals surface area contributed by atoms with Gasteiger partial charge in [-0.3, -0.25) is 4.79 Å². The second kappa shape index (κ2) is 5.56. The quantitative estimate of drug-likeness (QED) is 0.859. The van der Waals surface area contributed by atoms with Crippen LogP contribution in [-0.2, 0) is 17.8 Å². The number of benzene rings is 1. The van der Waals surface area contributed by atoms with Crippen LogP contribution in [0.3, 0.4) is 0 Å². The molecule has 2 aromatic rings. The molecule has 0 fully saturated rings. The minimum absolute atomic E-state index is 0.268. The van der Waals surface area contributed by atoms with Crippen LogP contribution in [0.4, 0.5) is 5.69 Å². The molecule has 19 heavy (non-hydrogen) atoms. The lowest BCUT2D eigenvalue weighted by Gasteiger charge is -2.06. The molecule has 100 valence electrons. The van der Waals surface area contributed by atoms with E-state index in [1.54, 1.807) is 0 Å². The lowest BCUT2D eigenvalue weighted by molar-refractivity contribution is -0.117. The summed E-state index contributed by atoms with van der Waals surface area (Å²) in [6.07, 6.45) is 0.268. The molecule has 0 atom stereocenters. The highest BCUT2D eigenvalue weighted by Gasteiger charge is 2.08. The molecule has 3 N–H and O–H groups in total. The molecular weight excluding hydrogens is 242 g/mol. The number of hydrogen-bond acceptors (Lipinski definition) is 4. The topological polar surface area (TPSA) is 81.2 Å². The van der Waals surface area contributed by atoms with E-state index in [0.29, 0.717) is 6.54 Å². The molecule has 5 heteroatoms. The fourth-order valence-electron chi connectivity index (χ4n) is 1.89. The van der Waals surface area contributed by atoms with Crippen LogP contribution >= 0.6 is 0 Å². The molecule has 0 saturated heterocycles. The van der Waals surface area contributed by atoms with Crippen molar-refractivity contribution in [2.45, 2.75) is 26.8 Å².